The molecule has 0 saturated carbocycles. The van der Waals surface area contributed by atoms with E-state index in [1.54, 1.807) is 16.8 Å². The van der Waals surface area contributed by atoms with Crippen molar-refractivity contribution in [2.24, 2.45) is 0 Å². The van der Waals surface area contributed by atoms with Crippen molar-refractivity contribution in [3.05, 3.63) is 48.4 Å². The average molecular weight is 282 g/mol. The van der Waals surface area contributed by atoms with Crippen LogP contribution in [0.25, 0.3) is 5.65 Å². The molecule has 0 aliphatic rings. The number of hydrogen-bond donors (Lipinski definition) is 1. The summed E-state index contributed by atoms with van der Waals surface area (Å²) in [6.07, 6.45) is 5.22. The van der Waals surface area contributed by atoms with Crippen molar-refractivity contribution in [3.63, 3.8) is 0 Å². The van der Waals surface area contributed by atoms with Crippen molar-refractivity contribution in [2.75, 3.05) is 5.73 Å². The van der Waals surface area contributed by atoms with Gasteiger partial charge in [-0.25, -0.2) is 4.98 Å². The highest BCUT2D eigenvalue weighted by Crippen LogP contribution is 2.34. The van der Waals surface area contributed by atoms with E-state index in [0.717, 1.165) is 11.3 Å². The Hall–Kier alpha value is -2.56. The van der Waals surface area contributed by atoms with Gasteiger partial charge in [-0.05, 0) is 11.5 Å². The summed E-state index contributed by atoms with van der Waals surface area (Å²) in [6, 6.07) is 7.94. The predicted octanol–water partition coefficient (Wildman–Crippen LogP) is 3.40. The Morgan fingerprint density at radius 2 is 1.95 bits per heavy atom. The summed E-state index contributed by atoms with van der Waals surface area (Å²) >= 11 is 0. The first-order valence-corrected chi connectivity index (χ1v) is 6.82. The molecule has 3 rings (SSSR count). The highest BCUT2D eigenvalue weighted by Gasteiger charge is 2.20. The standard InChI is InChI=1S/C16H18N4O/c1-16(2,3)11-6-4-5-7-12(11)21-15-14-18-8-9-20(14)10-13(17)19-15/h4-10H,17H2,1-3H3. The number of nitrogens with two attached hydrogens (primary N) is 1. The van der Waals surface area contributed by atoms with Crippen LogP contribution in [0.4, 0.5) is 5.82 Å². The van der Waals surface area contributed by atoms with Crippen LogP contribution in [0, 0.1) is 0 Å². The highest BCUT2D eigenvalue weighted by molar-refractivity contribution is 5.55. The zero-order chi connectivity index (χ0) is 15.0. The number of hydrogen-bond acceptors (Lipinski definition) is 4. The summed E-state index contributed by atoms with van der Waals surface area (Å²) in [5.41, 5.74) is 7.55. The number of nitrogens with zero attached hydrogens (tertiary/aromatic N) is 3. The Labute approximate surface area is 123 Å². The fourth-order valence-corrected chi connectivity index (χ4v) is 2.27. The molecule has 108 valence electrons. The Balaban J connectivity index is 2.09. The maximum atomic E-state index is 6.01. The first-order valence-electron chi connectivity index (χ1n) is 6.82. The SMILES string of the molecule is CC(C)(C)c1ccccc1Oc1nc(N)cn2ccnc12. The predicted molar refractivity (Wildman–Crippen MR) is 82.6 cm³/mol. The lowest BCUT2D eigenvalue weighted by Crippen LogP contribution is -2.12. The summed E-state index contributed by atoms with van der Waals surface area (Å²) in [6.45, 7) is 6.44. The van der Waals surface area contributed by atoms with E-state index < -0.39 is 0 Å². The molecule has 2 heterocycles. The van der Waals surface area contributed by atoms with E-state index in [4.69, 9.17) is 10.5 Å². The number of ether oxygens (including phenoxy) is 1. The van der Waals surface area contributed by atoms with Crippen LogP contribution in [-0.4, -0.2) is 14.4 Å². The van der Waals surface area contributed by atoms with E-state index in [0.29, 0.717) is 17.3 Å². The Kier molecular flexibility index (Phi) is 3.05. The Morgan fingerprint density at radius 1 is 1.19 bits per heavy atom. The fraction of sp³-hybridized carbons (Fsp3) is 0.250. The molecule has 0 saturated heterocycles. The van der Waals surface area contributed by atoms with E-state index in [1.807, 2.05) is 24.4 Å². The van der Waals surface area contributed by atoms with E-state index in [9.17, 15) is 0 Å². The number of nitrogen functional groups attached to an aromatic ring is 1. The molecule has 5 heteroatoms. The fourth-order valence-electron chi connectivity index (χ4n) is 2.27. The van der Waals surface area contributed by atoms with Gasteiger partial charge in [0, 0.05) is 18.0 Å². The number of anilines is 1. The third kappa shape index (κ3) is 2.54. The van der Waals surface area contributed by atoms with Crippen LogP contribution in [0.1, 0.15) is 26.3 Å². The topological polar surface area (TPSA) is 65.4 Å². The monoisotopic (exact) mass is 282 g/mol. The van der Waals surface area contributed by atoms with E-state index in [2.05, 4.69) is 36.8 Å². The second-order valence-corrected chi connectivity index (χ2v) is 5.98. The largest absolute Gasteiger partial charge is 0.436 e. The molecule has 21 heavy (non-hydrogen) atoms. The first kappa shape index (κ1) is 13.4. The average Bonchev–Trinajstić information content (AvgIpc) is 2.86. The van der Waals surface area contributed by atoms with Gasteiger partial charge in [-0.1, -0.05) is 39.0 Å². The number of para-hydroxylation sites is 1. The van der Waals surface area contributed by atoms with Crippen LogP contribution in [0.15, 0.2) is 42.9 Å². The minimum absolute atomic E-state index is 0.0252. The molecule has 5 nitrogen and oxygen atoms in total. The van der Waals surface area contributed by atoms with E-state index >= 15 is 0 Å². The second kappa shape index (κ2) is 4.77. The molecule has 0 radical (unpaired) electrons. The summed E-state index contributed by atoms with van der Waals surface area (Å²) in [4.78, 5) is 8.53. The molecule has 3 aromatic rings. The zero-order valence-corrected chi connectivity index (χ0v) is 12.4. The summed E-state index contributed by atoms with van der Waals surface area (Å²) in [5.74, 6) is 1.58. The maximum absolute atomic E-state index is 6.01. The molecule has 1 aromatic carbocycles. The van der Waals surface area contributed by atoms with Gasteiger partial charge >= 0.3 is 0 Å². The zero-order valence-electron chi connectivity index (χ0n) is 12.4. The van der Waals surface area contributed by atoms with Crippen LogP contribution < -0.4 is 10.5 Å². The number of aromatic nitrogens is 3. The molecular formula is C16H18N4O. The van der Waals surface area contributed by atoms with E-state index in [1.165, 1.54) is 0 Å². The molecule has 0 spiro atoms. The van der Waals surface area contributed by atoms with Gasteiger partial charge in [0.05, 0.1) is 6.20 Å². The molecule has 0 amide bonds. The van der Waals surface area contributed by atoms with Crippen LogP contribution in [0.5, 0.6) is 11.6 Å². The van der Waals surface area contributed by atoms with Crippen LogP contribution in [-0.2, 0) is 5.41 Å². The Morgan fingerprint density at radius 3 is 2.71 bits per heavy atom. The number of rotatable bonds is 2. The lowest BCUT2D eigenvalue weighted by molar-refractivity contribution is 0.442. The van der Waals surface area contributed by atoms with Gasteiger partial charge in [0.25, 0.3) is 5.88 Å². The molecular weight excluding hydrogens is 264 g/mol. The lowest BCUT2D eigenvalue weighted by atomic mass is 9.86. The minimum atomic E-state index is -0.0252. The third-order valence-corrected chi connectivity index (χ3v) is 3.26. The second-order valence-electron chi connectivity index (χ2n) is 5.98. The van der Waals surface area contributed by atoms with Crippen molar-refractivity contribution in [3.8, 4) is 11.6 Å². The molecule has 0 unspecified atom stereocenters. The Bertz CT molecular complexity index is 786. The molecule has 0 aliphatic carbocycles. The van der Waals surface area contributed by atoms with Gasteiger partial charge in [0.1, 0.15) is 11.6 Å². The van der Waals surface area contributed by atoms with Gasteiger partial charge < -0.3 is 10.5 Å². The van der Waals surface area contributed by atoms with Crippen LogP contribution in [0.3, 0.4) is 0 Å². The van der Waals surface area contributed by atoms with Gasteiger partial charge in [-0.3, -0.25) is 4.40 Å². The van der Waals surface area contributed by atoms with Gasteiger partial charge in [-0.2, -0.15) is 4.98 Å². The lowest BCUT2D eigenvalue weighted by Gasteiger charge is -2.22. The van der Waals surface area contributed by atoms with Gasteiger partial charge in [0.2, 0.25) is 5.65 Å². The highest BCUT2D eigenvalue weighted by atomic mass is 16.5. The van der Waals surface area contributed by atoms with Crippen molar-refractivity contribution in [2.45, 2.75) is 26.2 Å². The molecule has 0 fully saturated rings. The minimum Gasteiger partial charge on any atom is -0.436 e. The van der Waals surface area contributed by atoms with Crippen molar-refractivity contribution >= 4 is 11.5 Å². The molecule has 0 bridgehead atoms. The van der Waals surface area contributed by atoms with Crippen LogP contribution >= 0.6 is 0 Å². The first-order chi connectivity index (χ1) is 9.95. The van der Waals surface area contributed by atoms with Gasteiger partial charge in [0.15, 0.2) is 0 Å². The summed E-state index contributed by atoms with van der Waals surface area (Å²) < 4.78 is 7.82. The normalized spacial score (nSPS) is 11.8. The number of benzene rings is 1. The van der Waals surface area contributed by atoms with Crippen molar-refractivity contribution in [1.82, 2.24) is 14.4 Å². The smallest absolute Gasteiger partial charge is 0.265 e. The quantitative estimate of drug-likeness (QED) is 0.782. The van der Waals surface area contributed by atoms with Crippen LogP contribution in [0.2, 0.25) is 0 Å². The molecule has 0 atom stereocenters. The van der Waals surface area contributed by atoms with Gasteiger partial charge in [-0.15, -0.1) is 0 Å². The maximum Gasteiger partial charge on any atom is 0.265 e. The summed E-state index contributed by atoms with van der Waals surface area (Å²) in [7, 11) is 0. The summed E-state index contributed by atoms with van der Waals surface area (Å²) in [5, 5.41) is 0. The number of imidazole rings is 1. The third-order valence-electron chi connectivity index (χ3n) is 3.26. The molecule has 2 N–H and O–H groups in total. The van der Waals surface area contributed by atoms with Crippen molar-refractivity contribution in [1.29, 1.82) is 0 Å². The van der Waals surface area contributed by atoms with Crippen molar-refractivity contribution < 1.29 is 4.74 Å². The molecule has 2 aromatic heterocycles. The van der Waals surface area contributed by atoms with E-state index in [-0.39, 0.29) is 5.41 Å². The molecule has 0 aliphatic heterocycles. The number of fused-ring (bicyclic) bond motifs is 1.